The van der Waals surface area contributed by atoms with Crippen LogP contribution in [0.4, 0.5) is 0 Å². The molecule has 4 nitrogen and oxygen atoms in total. The molecule has 0 radical (unpaired) electrons. The van der Waals surface area contributed by atoms with Crippen molar-refractivity contribution in [3.8, 4) is 0 Å². The predicted molar refractivity (Wildman–Crippen MR) is 71.0 cm³/mol. The van der Waals surface area contributed by atoms with Crippen molar-refractivity contribution in [2.75, 3.05) is 40.8 Å². The van der Waals surface area contributed by atoms with Crippen molar-refractivity contribution in [3.05, 3.63) is 0 Å². The minimum absolute atomic E-state index is 0.150. The summed E-state index contributed by atoms with van der Waals surface area (Å²) < 4.78 is 0. The summed E-state index contributed by atoms with van der Waals surface area (Å²) in [5, 5.41) is 7.48. The molecule has 0 fully saturated rings. The van der Waals surface area contributed by atoms with E-state index in [1.807, 2.05) is 13.8 Å². The standard InChI is InChI=1S/C12H28N4/c1-12(2,11(13)14)7-6-8-16(5)10-9-15(3)4/h6-10H2,1-5H3,(H3,13,14). The summed E-state index contributed by atoms with van der Waals surface area (Å²) in [6.45, 7) is 7.33. The molecular weight excluding hydrogens is 200 g/mol. The van der Waals surface area contributed by atoms with Gasteiger partial charge >= 0.3 is 0 Å². The Morgan fingerprint density at radius 3 is 2.12 bits per heavy atom. The van der Waals surface area contributed by atoms with E-state index < -0.39 is 0 Å². The molecule has 0 saturated heterocycles. The Bertz CT molecular complexity index is 211. The third-order valence-electron chi connectivity index (χ3n) is 3.00. The molecule has 96 valence electrons. The van der Waals surface area contributed by atoms with Crippen LogP contribution >= 0.6 is 0 Å². The zero-order valence-electron chi connectivity index (χ0n) is 11.5. The van der Waals surface area contributed by atoms with Crippen molar-refractivity contribution >= 4 is 5.84 Å². The second-order valence-corrected chi connectivity index (χ2v) is 5.51. The van der Waals surface area contributed by atoms with Gasteiger partial charge in [-0.2, -0.15) is 0 Å². The third-order valence-corrected chi connectivity index (χ3v) is 3.00. The van der Waals surface area contributed by atoms with Gasteiger partial charge < -0.3 is 15.5 Å². The molecule has 0 aromatic carbocycles. The van der Waals surface area contributed by atoms with Gasteiger partial charge in [0.05, 0.1) is 5.84 Å². The van der Waals surface area contributed by atoms with E-state index in [-0.39, 0.29) is 5.41 Å². The highest BCUT2D eigenvalue weighted by molar-refractivity contribution is 5.82. The Morgan fingerprint density at radius 1 is 1.12 bits per heavy atom. The van der Waals surface area contributed by atoms with Crippen LogP contribution < -0.4 is 5.73 Å². The van der Waals surface area contributed by atoms with Crippen LogP contribution in [0.25, 0.3) is 0 Å². The molecule has 0 aliphatic rings. The SMILES string of the molecule is CN(C)CCN(C)CCCC(C)(C)C(=N)N. The molecule has 4 heteroatoms. The minimum atomic E-state index is -0.150. The van der Waals surface area contributed by atoms with Crippen LogP contribution in [0.3, 0.4) is 0 Å². The zero-order chi connectivity index (χ0) is 12.8. The molecule has 0 aromatic rings. The molecule has 0 bridgehead atoms. The quantitative estimate of drug-likeness (QED) is 0.485. The van der Waals surface area contributed by atoms with Gasteiger partial charge in [-0.15, -0.1) is 0 Å². The minimum Gasteiger partial charge on any atom is -0.387 e. The highest BCUT2D eigenvalue weighted by Gasteiger charge is 2.20. The van der Waals surface area contributed by atoms with E-state index >= 15 is 0 Å². The van der Waals surface area contributed by atoms with Gasteiger partial charge in [-0.05, 0) is 40.5 Å². The van der Waals surface area contributed by atoms with Crippen LogP contribution in [-0.4, -0.2) is 56.4 Å². The zero-order valence-corrected chi connectivity index (χ0v) is 11.5. The number of nitrogens with zero attached hydrogens (tertiary/aromatic N) is 2. The van der Waals surface area contributed by atoms with Gasteiger partial charge in [-0.25, -0.2) is 0 Å². The first-order valence-electron chi connectivity index (χ1n) is 5.93. The van der Waals surface area contributed by atoms with E-state index in [1.165, 1.54) is 0 Å². The highest BCUT2D eigenvalue weighted by atomic mass is 15.1. The first-order valence-corrected chi connectivity index (χ1v) is 5.93. The number of rotatable bonds is 8. The summed E-state index contributed by atoms with van der Waals surface area (Å²) in [4.78, 5) is 4.52. The fraction of sp³-hybridized carbons (Fsp3) is 0.917. The fourth-order valence-corrected chi connectivity index (χ4v) is 1.41. The molecule has 0 aliphatic carbocycles. The predicted octanol–water partition coefficient (Wildman–Crippen LogP) is 1.22. The summed E-state index contributed by atoms with van der Waals surface area (Å²) in [7, 11) is 6.32. The van der Waals surface area contributed by atoms with E-state index in [2.05, 4.69) is 30.9 Å². The third kappa shape index (κ3) is 6.80. The molecule has 16 heavy (non-hydrogen) atoms. The summed E-state index contributed by atoms with van der Waals surface area (Å²) in [6, 6.07) is 0. The molecule has 0 atom stereocenters. The average molecular weight is 228 g/mol. The van der Waals surface area contributed by atoms with Gasteiger partial charge in [-0.3, -0.25) is 5.41 Å². The van der Waals surface area contributed by atoms with E-state index in [4.69, 9.17) is 11.1 Å². The molecule has 0 aromatic heterocycles. The van der Waals surface area contributed by atoms with Crippen LogP contribution in [0.1, 0.15) is 26.7 Å². The highest BCUT2D eigenvalue weighted by Crippen LogP contribution is 2.21. The monoisotopic (exact) mass is 228 g/mol. The molecular formula is C12H28N4. The van der Waals surface area contributed by atoms with Crippen molar-refractivity contribution in [1.82, 2.24) is 9.80 Å². The molecule has 0 spiro atoms. The first kappa shape index (κ1) is 15.4. The fourth-order valence-electron chi connectivity index (χ4n) is 1.41. The maximum atomic E-state index is 7.48. The molecule has 0 unspecified atom stereocenters. The summed E-state index contributed by atoms with van der Waals surface area (Å²) in [5.41, 5.74) is 5.40. The lowest BCUT2D eigenvalue weighted by atomic mass is 9.86. The normalized spacial score (nSPS) is 12.4. The summed E-state index contributed by atoms with van der Waals surface area (Å²) in [5.74, 6) is 0.295. The number of likely N-dealkylation sites (N-methyl/N-ethyl adjacent to an activating group) is 2. The van der Waals surface area contributed by atoms with Gasteiger partial charge in [0.25, 0.3) is 0 Å². The van der Waals surface area contributed by atoms with E-state index in [9.17, 15) is 0 Å². The lowest BCUT2D eigenvalue weighted by Crippen LogP contribution is -2.33. The van der Waals surface area contributed by atoms with Crippen LogP contribution in [0.15, 0.2) is 0 Å². The first-order chi connectivity index (χ1) is 7.25. The Kier molecular flexibility index (Phi) is 6.60. The lowest BCUT2D eigenvalue weighted by Gasteiger charge is -2.25. The number of hydrogen-bond donors (Lipinski definition) is 2. The maximum Gasteiger partial charge on any atom is 0.0963 e. The number of nitrogens with two attached hydrogens (primary N) is 1. The van der Waals surface area contributed by atoms with Crippen LogP contribution in [0, 0.1) is 10.8 Å². The van der Waals surface area contributed by atoms with Crippen molar-refractivity contribution in [2.45, 2.75) is 26.7 Å². The molecule has 0 saturated carbocycles. The van der Waals surface area contributed by atoms with Gasteiger partial charge in [0.15, 0.2) is 0 Å². The molecule has 0 aliphatic heterocycles. The van der Waals surface area contributed by atoms with Gasteiger partial charge in [-0.1, -0.05) is 13.8 Å². The second-order valence-electron chi connectivity index (χ2n) is 5.51. The largest absolute Gasteiger partial charge is 0.387 e. The number of hydrogen-bond acceptors (Lipinski definition) is 3. The Balaban J connectivity index is 3.69. The van der Waals surface area contributed by atoms with Crippen LogP contribution in [0.2, 0.25) is 0 Å². The van der Waals surface area contributed by atoms with Gasteiger partial charge in [0.2, 0.25) is 0 Å². The lowest BCUT2D eigenvalue weighted by molar-refractivity contribution is 0.269. The van der Waals surface area contributed by atoms with Crippen molar-refractivity contribution < 1.29 is 0 Å². The van der Waals surface area contributed by atoms with Gasteiger partial charge in [0, 0.05) is 18.5 Å². The van der Waals surface area contributed by atoms with Crippen LogP contribution in [0.5, 0.6) is 0 Å². The van der Waals surface area contributed by atoms with E-state index in [0.717, 1.165) is 32.5 Å². The van der Waals surface area contributed by atoms with Crippen LogP contribution in [-0.2, 0) is 0 Å². The molecule has 0 heterocycles. The smallest absolute Gasteiger partial charge is 0.0963 e. The van der Waals surface area contributed by atoms with E-state index in [1.54, 1.807) is 0 Å². The Hall–Kier alpha value is -0.610. The Labute approximate surface area is 100 Å². The average Bonchev–Trinajstić information content (AvgIpc) is 2.14. The summed E-state index contributed by atoms with van der Waals surface area (Å²) >= 11 is 0. The molecule has 0 rings (SSSR count). The van der Waals surface area contributed by atoms with Crippen molar-refractivity contribution in [3.63, 3.8) is 0 Å². The number of amidine groups is 1. The van der Waals surface area contributed by atoms with Gasteiger partial charge in [0.1, 0.15) is 0 Å². The molecule has 3 N–H and O–H groups in total. The van der Waals surface area contributed by atoms with Crippen molar-refractivity contribution in [2.24, 2.45) is 11.1 Å². The maximum absolute atomic E-state index is 7.48. The second kappa shape index (κ2) is 6.86. The topological polar surface area (TPSA) is 56.4 Å². The number of nitrogens with one attached hydrogen (secondary N) is 1. The van der Waals surface area contributed by atoms with Crippen molar-refractivity contribution in [1.29, 1.82) is 5.41 Å². The summed E-state index contributed by atoms with van der Waals surface area (Å²) in [6.07, 6.45) is 2.07. The molecule has 0 amide bonds. The van der Waals surface area contributed by atoms with E-state index in [0.29, 0.717) is 5.84 Å². The Morgan fingerprint density at radius 2 is 1.69 bits per heavy atom.